The SMILES string of the molecule is Cc1cc(N/C=C2/C(=O)Nc3ccccc32)n[nH]1. The maximum absolute atomic E-state index is 11.8. The molecule has 2 heterocycles. The van der Waals surface area contributed by atoms with Crippen molar-refractivity contribution in [2.75, 3.05) is 10.6 Å². The van der Waals surface area contributed by atoms with E-state index < -0.39 is 0 Å². The second-order valence-electron chi connectivity index (χ2n) is 4.14. The molecule has 3 N–H and O–H groups in total. The van der Waals surface area contributed by atoms with Crippen LogP contribution in [0, 0.1) is 6.92 Å². The maximum Gasteiger partial charge on any atom is 0.257 e. The van der Waals surface area contributed by atoms with E-state index in [-0.39, 0.29) is 5.91 Å². The van der Waals surface area contributed by atoms with Gasteiger partial charge in [0.1, 0.15) is 0 Å². The number of fused-ring (bicyclic) bond motifs is 1. The Labute approximate surface area is 104 Å². The van der Waals surface area contributed by atoms with Crippen LogP contribution in [0.2, 0.25) is 0 Å². The first kappa shape index (κ1) is 10.6. The largest absolute Gasteiger partial charge is 0.344 e. The highest BCUT2D eigenvalue weighted by molar-refractivity contribution is 6.31. The van der Waals surface area contributed by atoms with E-state index in [0.717, 1.165) is 16.9 Å². The summed E-state index contributed by atoms with van der Waals surface area (Å²) in [4.78, 5) is 11.8. The fourth-order valence-electron chi connectivity index (χ4n) is 1.92. The summed E-state index contributed by atoms with van der Waals surface area (Å²) < 4.78 is 0. The Kier molecular flexibility index (Phi) is 2.37. The number of hydrogen-bond acceptors (Lipinski definition) is 3. The number of aryl methyl sites for hydroxylation is 1. The lowest BCUT2D eigenvalue weighted by Crippen LogP contribution is -2.05. The molecule has 0 radical (unpaired) electrons. The molecule has 1 aromatic carbocycles. The van der Waals surface area contributed by atoms with Crippen molar-refractivity contribution in [2.24, 2.45) is 0 Å². The summed E-state index contributed by atoms with van der Waals surface area (Å²) in [6.07, 6.45) is 1.68. The van der Waals surface area contributed by atoms with Crippen LogP contribution in [0.4, 0.5) is 11.5 Å². The van der Waals surface area contributed by atoms with Crippen LogP contribution in [0.25, 0.3) is 5.57 Å². The Morgan fingerprint density at radius 2 is 2.17 bits per heavy atom. The number of hydrogen-bond donors (Lipinski definition) is 3. The minimum absolute atomic E-state index is 0.101. The predicted octanol–water partition coefficient (Wildman–Crippen LogP) is 2.12. The third-order valence-corrected chi connectivity index (χ3v) is 2.78. The fourth-order valence-corrected chi connectivity index (χ4v) is 1.92. The lowest BCUT2D eigenvalue weighted by molar-refractivity contribution is -0.110. The van der Waals surface area contributed by atoms with Crippen molar-refractivity contribution < 1.29 is 4.79 Å². The number of nitrogens with zero attached hydrogens (tertiary/aromatic N) is 1. The molecule has 18 heavy (non-hydrogen) atoms. The van der Waals surface area contributed by atoms with Crippen molar-refractivity contribution in [1.29, 1.82) is 0 Å². The third kappa shape index (κ3) is 1.75. The number of rotatable bonds is 2. The van der Waals surface area contributed by atoms with Crippen LogP contribution >= 0.6 is 0 Å². The summed E-state index contributed by atoms with van der Waals surface area (Å²) >= 11 is 0. The molecule has 1 aliphatic heterocycles. The maximum atomic E-state index is 11.8. The standard InChI is InChI=1S/C13H12N4O/c1-8-6-12(17-16-8)14-7-10-9-4-2-3-5-11(9)15-13(10)18/h2-7H,1H3,(H,15,18)(H2,14,16,17)/b10-7+. The highest BCUT2D eigenvalue weighted by Gasteiger charge is 2.23. The molecule has 5 nitrogen and oxygen atoms in total. The molecule has 0 aliphatic carbocycles. The highest BCUT2D eigenvalue weighted by atomic mass is 16.2. The molecule has 1 aromatic heterocycles. The van der Waals surface area contributed by atoms with Gasteiger partial charge in [0, 0.05) is 29.2 Å². The van der Waals surface area contributed by atoms with E-state index in [2.05, 4.69) is 20.8 Å². The van der Waals surface area contributed by atoms with E-state index in [0.29, 0.717) is 11.4 Å². The number of benzene rings is 1. The Hall–Kier alpha value is -2.56. The van der Waals surface area contributed by atoms with Crippen molar-refractivity contribution >= 4 is 23.0 Å². The monoisotopic (exact) mass is 240 g/mol. The minimum atomic E-state index is -0.101. The summed E-state index contributed by atoms with van der Waals surface area (Å²) in [6.45, 7) is 1.92. The van der Waals surface area contributed by atoms with Crippen LogP contribution in [0.3, 0.4) is 0 Å². The average molecular weight is 240 g/mol. The normalized spacial score (nSPS) is 15.6. The molecule has 0 bridgehead atoms. The van der Waals surface area contributed by atoms with Crippen molar-refractivity contribution in [3.05, 3.63) is 47.8 Å². The Bertz CT molecular complexity index is 642. The van der Waals surface area contributed by atoms with Gasteiger partial charge >= 0.3 is 0 Å². The van der Waals surface area contributed by atoms with Crippen LogP contribution in [-0.2, 0) is 4.79 Å². The molecule has 0 atom stereocenters. The first-order chi connectivity index (χ1) is 8.74. The molecular formula is C13H12N4O. The molecule has 0 saturated carbocycles. The molecule has 90 valence electrons. The van der Waals surface area contributed by atoms with Crippen molar-refractivity contribution in [2.45, 2.75) is 6.92 Å². The second kappa shape index (κ2) is 4.03. The Balaban J connectivity index is 1.90. The number of nitrogens with one attached hydrogen (secondary N) is 3. The molecule has 0 saturated heterocycles. The zero-order chi connectivity index (χ0) is 12.5. The van der Waals surface area contributed by atoms with Gasteiger partial charge in [-0.05, 0) is 13.0 Å². The summed E-state index contributed by atoms with van der Waals surface area (Å²) in [6, 6.07) is 9.47. The van der Waals surface area contributed by atoms with E-state index >= 15 is 0 Å². The predicted molar refractivity (Wildman–Crippen MR) is 70.0 cm³/mol. The molecule has 5 heteroatoms. The number of aromatic nitrogens is 2. The van der Waals surface area contributed by atoms with Gasteiger partial charge in [-0.15, -0.1) is 0 Å². The summed E-state index contributed by atoms with van der Waals surface area (Å²) in [5.41, 5.74) is 3.33. The van der Waals surface area contributed by atoms with Crippen LogP contribution in [0.15, 0.2) is 36.5 Å². The number of aromatic amines is 1. The van der Waals surface area contributed by atoms with Gasteiger partial charge in [0.05, 0.1) is 5.57 Å². The van der Waals surface area contributed by atoms with Crippen LogP contribution in [0.1, 0.15) is 11.3 Å². The minimum Gasteiger partial charge on any atom is -0.344 e. The first-order valence-electron chi connectivity index (χ1n) is 5.63. The van der Waals surface area contributed by atoms with E-state index in [9.17, 15) is 4.79 Å². The van der Waals surface area contributed by atoms with Gasteiger partial charge in [0.15, 0.2) is 5.82 Å². The zero-order valence-electron chi connectivity index (χ0n) is 9.82. The lowest BCUT2D eigenvalue weighted by atomic mass is 10.1. The molecular weight excluding hydrogens is 228 g/mol. The number of anilines is 2. The van der Waals surface area contributed by atoms with Crippen LogP contribution in [0.5, 0.6) is 0 Å². The molecule has 3 rings (SSSR count). The number of para-hydroxylation sites is 1. The van der Waals surface area contributed by atoms with Crippen LogP contribution in [-0.4, -0.2) is 16.1 Å². The number of carbonyl (C=O) groups is 1. The summed E-state index contributed by atoms with van der Waals surface area (Å²) in [5.74, 6) is 0.591. The van der Waals surface area contributed by atoms with Gasteiger partial charge in [-0.2, -0.15) is 5.10 Å². The Morgan fingerprint density at radius 1 is 1.33 bits per heavy atom. The van der Waals surface area contributed by atoms with Gasteiger partial charge in [0.2, 0.25) is 0 Å². The van der Waals surface area contributed by atoms with Gasteiger partial charge in [-0.25, -0.2) is 0 Å². The summed E-state index contributed by atoms with van der Waals surface area (Å²) in [7, 11) is 0. The molecule has 0 unspecified atom stereocenters. The van der Waals surface area contributed by atoms with Gasteiger partial charge in [0.25, 0.3) is 5.91 Å². The molecule has 1 amide bonds. The zero-order valence-corrected chi connectivity index (χ0v) is 9.82. The van der Waals surface area contributed by atoms with Crippen LogP contribution < -0.4 is 10.6 Å². The van der Waals surface area contributed by atoms with E-state index in [1.165, 1.54) is 0 Å². The highest BCUT2D eigenvalue weighted by Crippen LogP contribution is 2.30. The third-order valence-electron chi connectivity index (χ3n) is 2.78. The van der Waals surface area contributed by atoms with Gasteiger partial charge in [-0.3, -0.25) is 9.89 Å². The first-order valence-corrected chi connectivity index (χ1v) is 5.63. The smallest absolute Gasteiger partial charge is 0.257 e. The molecule has 0 spiro atoms. The quantitative estimate of drug-likeness (QED) is 0.704. The van der Waals surface area contributed by atoms with Crippen molar-refractivity contribution in [3.63, 3.8) is 0 Å². The molecule has 0 fully saturated rings. The lowest BCUT2D eigenvalue weighted by Gasteiger charge is -1.98. The summed E-state index contributed by atoms with van der Waals surface area (Å²) in [5, 5.41) is 12.7. The topological polar surface area (TPSA) is 69.8 Å². The molecule has 2 aromatic rings. The van der Waals surface area contributed by atoms with E-state index in [1.54, 1.807) is 6.20 Å². The van der Waals surface area contributed by atoms with E-state index in [4.69, 9.17) is 0 Å². The average Bonchev–Trinajstić information content (AvgIpc) is 2.90. The Morgan fingerprint density at radius 3 is 2.94 bits per heavy atom. The van der Waals surface area contributed by atoms with Crippen molar-refractivity contribution in [3.8, 4) is 0 Å². The van der Waals surface area contributed by atoms with E-state index in [1.807, 2.05) is 37.3 Å². The van der Waals surface area contributed by atoms with Gasteiger partial charge in [-0.1, -0.05) is 18.2 Å². The van der Waals surface area contributed by atoms with Crippen molar-refractivity contribution in [1.82, 2.24) is 10.2 Å². The molecule has 1 aliphatic rings. The number of H-pyrrole nitrogens is 1. The number of amides is 1. The fraction of sp³-hybridized carbons (Fsp3) is 0.0769. The second-order valence-corrected chi connectivity index (χ2v) is 4.14. The van der Waals surface area contributed by atoms with Gasteiger partial charge < -0.3 is 10.6 Å². The number of carbonyl (C=O) groups excluding carboxylic acids is 1.